The molecule has 8 nitrogen and oxygen atoms in total. The van der Waals surface area contributed by atoms with Crippen LogP contribution in [0.5, 0.6) is 0 Å². The Labute approximate surface area is 158 Å². The molecule has 1 unspecified atom stereocenters. The summed E-state index contributed by atoms with van der Waals surface area (Å²) in [6.45, 7) is 6.04. The van der Waals surface area contributed by atoms with Gasteiger partial charge in [-0.25, -0.2) is 4.98 Å². The molecular formula is C19H24N6O2. The lowest BCUT2D eigenvalue weighted by Crippen LogP contribution is -2.52. The lowest BCUT2D eigenvalue weighted by Gasteiger charge is -2.41. The number of carbonyl (C=O) groups is 2. The number of aromatic nitrogens is 4. The SMILES string of the molecule is CC(C)N1CCCC2(CCN(C(=O)c3ccc(-n4cnnc4)nc3)C2)C1=O. The number of nitrogens with zero attached hydrogens (tertiary/aromatic N) is 6. The van der Waals surface area contributed by atoms with E-state index < -0.39 is 5.41 Å². The van der Waals surface area contributed by atoms with Crippen LogP contribution in [0.4, 0.5) is 0 Å². The van der Waals surface area contributed by atoms with Crippen molar-refractivity contribution in [2.75, 3.05) is 19.6 Å². The zero-order valence-electron chi connectivity index (χ0n) is 15.7. The summed E-state index contributed by atoms with van der Waals surface area (Å²) < 4.78 is 1.68. The number of amides is 2. The Morgan fingerprint density at radius 2 is 1.93 bits per heavy atom. The van der Waals surface area contributed by atoms with Crippen molar-refractivity contribution in [1.82, 2.24) is 29.5 Å². The molecule has 2 aliphatic rings. The Kier molecular flexibility index (Phi) is 4.41. The minimum atomic E-state index is -0.409. The van der Waals surface area contributed by atoms with Crippen LogP contribution < -0.4 is 0 Å². The minimum absolute atomic E-state index is 0.0656. The normalized spacial score (nSPS) is 22.9. The van der Waals surface area contributed by atoms with Crippen LogP contribution in [0, 0.1) is 5.41 Å². The van der Waals surface area contributed by atoms with Gasteiger partial charge in [0.05, 0.1) is 11.0 Å². The Hall–Kier alpha value is -2.77. The van der Waals surface area contributed by atoms with E-state index in [1.165, 1.54) is 0 Å². The van der Waals surface area contributed by atoms with Gasteiger partial charge in [-0.3, -0.25) is 14.2 Å². The monoisotopic (exact) mass is 368 g/mol. The average Bonchev–Trinajstić information content (AvgIpc) is 3.34. The maximum Gasteiger partial charge on any atom is 0.255 e. The summed E-state index contributed by atoms with van der Waals surface area (Å²) in [6.07, 6.45) is 7.30. The predicted molar refractivity (Wildman–Crippen MR) is 98.2 cm³/mol. The van der Waals surface area contributed by atoms with Crippen LogP contribution in [-0.4, -0.2) is 67.0 Å². The summed E-state index contributed by atoms with van der Waals surface area (Å²) in [6, 6.07) is 3.74. The molecule has 0 radical (unpaired) electrons. The Morgan fingerprint density at radius 3 is 2.59 bits per heavy atom. The van der Waals surface area contributed by atoms with Crippen LogP contribution in [0.2, 0.25) is 0 Å². The van der Waals surface area contributed by atoms with E-state index in [4.69, 9.17) is 0 Å². The van der Waals surface area contributed by atoms with Crippen LogP contribution >= 0.6 is 0 Å². The van der Waals surface area contributed by atoms with E-state index in [-0.39, 0.29) is 17.9 Å². The molecule has 1 atom stereocenters. The Bertz CT molecular complexity index is 832. The molecule has 1 spiro atoms. The first-order valence-corrected chi connectivity index (χ1v) is 9.42. The van der Waals surface area contributed by atoms with Crippen molar-refractivity contribution in [2.24, 2.45) is 5.41 Å². The van der Waals surface area contributed by atoms with Crippen LogP contribution in [0.15, 0.2) is 31.0 Å². The van der Waals surface area contributed by atoms with Gasteiger partial charge in [0, 0.05) is 31.9 Å². The third-order valence-electron chi connectivity index (χ3n) is 5.71. The van der Waals surface area contributed by atoms with Crippen LogP contribution in [0.3, 0.4) is 0 Å². The average molecular weight is 368 g/mol. The molecule has 2 amide bonds. The van der Waals surface area contributed by atoms with E-state index in [0.29, 0.717) is 24.5 Å². The molecule has 27 heavy (non-hydrogen) atoms. The zero-order valence-corrected chi connectivity index (χ0v) is 15.7. The van der Waals surface area contributed by atoms with Gasteiger partial charge in [0.2, 0.25) is 5.91 Å². The zero-order chi connectivity index (χ0) is 19.0. The second kappa shape index (κ2) is 6.75. The van der Waals surface area contributed by atoms with Gasteiger partial charge < -0.3 is 9.80 Å². The quantitative estimate of drug-likeness (QED) is 0.820. The third-order valence-corrected chi connectivity index (χ3v) is 5.71. The highest BCUT2D eigenvalue weighted by molar-refractivity contribution is 5.95. The van der Waals surface area contributed by atoms with E-state index in [2.05, 4.69) is 29.0 Å². The number of pyridine rings is 1. The highest BCUT2D eigenvalue weighted by Crippen LogP contribution is 2.41. The summed E-state index contributed by atoms with van der Waals surface area (Å²) in [5.74, 6) is 0.800. The van der Waals surface area contributed by atoms with Gasteiger partial charge in [-0.2, -0.15) is 0 Å². The minimum Gasteiger partial charge on any atom is -0.340 e. The second-order valence-corrected chi connectivity index (χ2v) is 7.73. The van der Waals surface area contributed by atoms with Crippen LogP contribution in [0.25, 0.3) is 5.82 Å². The highest BCUT2D eigenvalue weighted by Gasteiger charge is 2.49. The maximum atomic E-state index is 13.0. The standard InChI is InChI=1S/C19H24N6O2/c1-14(2)25-8-3-6-19(18(25)27)7-9-23(11-19)17(26)15-4-5-16(20-10-15)24-12-21-22-13-24/h4-5,10,12-14H,3,6-9,11H2,1-2H3. The number of piperidine rings is 1. The van der Waals surface area contributed by atoms with E-state index in [1.54, 1.807) is 40.5 Å². The molecule has 0 N–H and O–H groups in total. The summed E-state index contributed by atoms with van der Waals surface area (Å²) in [7, 11) is 0. The first kappa shape index (κ1) is 17.6. The van der Waals surface area contributed by atoms with Gasteiger partial charge in [-0.05, 0) is 45.2 Å². The van der Waals surface area contributed by atoms with Gasteiger partial charge in [-0.15, -0.1) is 10.2 Å². The fourth-order valence-electron chi connectivity index (χ4n) is 4.18. The van der Waals surface area contributed by atoms with Crippen molar-refractivity contribution in [3.63, 3.8) is 0 Å². The van der Waals surface area contributed by atoms with Gasteiger partial charge in [0.15, 0.2) is 0 Å². The lowest BCUT2D eigenvalue weighted by atomic mass is 9.78. The molecular weight excluding hydrogens is 344 g/mol. The molecule has 2 saturated heterocycles. The number of likely N-dealkylation sites (tertiary alicyclic amines) is 2. The van der Waals surface area contributed by atoms with Crippen LogP contribution in [-0.2, 0) is 4.79 Å². The van der Waals surface area contributed by atoms with Crippen molar-refractivity contribution in [2.45, 2.75) is 39.2 Å². The fraction of sp³-hybridized carbons (Fsp3) is 0.526. The third kappa shape index (κ3) is 3.09. The van der Waals surface area contributed by atoms with Gasteiger partial charge in [0.25, 0.3) is 5.91 Å². The molecule has 4 heterocycles. The lowest BCUT2D eigenvalue weighted by molar-refractivity contribution is -0.147. The number of hydrogen-bond donors (Lipinski definition) is 0. The Balaban J connectivity index is 1.48. The molecule has 4 rings (SSSR count). The first-order valence-electron chi connectivity index (χ1n) is 9.42. The summed E-state index contributed by atoms with van der Waals surface area (Å²) in [4.78, 5) is 34.1. The van der Waals surface area contributed by atoms with Crippen molar-refractivity contribution in [3.05, 3.63) is 36.5 Å². The topological polar surface area (TPSA) is 84.2 Å². The fourth-order valence-corrected chi connectivity index (χ4v) is 4.18. The van der Waals surface area contributed by atoms with Crippen molar-refractivity contribution < 1.29 is 9.59 Å². The van der Waals surface area contributed by atoms with E-state index in [1.807, 2.05) is 4.90 Å². The smallest absolute Gasteiger partial charge is 0.255 e. The predicted octanol–water partition coefficient (Wildman–Crippen LogP) is 1.53. The number of hydrogen-bond acceptors (Lipinski definition) is 5. The molecule has 2 aromatic heterocycles. The molecule has 2 aromatic rings. The van der Waals surface area contributed by atoms with E-state index in [9.17, 15) is 9.59 Å². The van der Waals surface area contributed by atoms with Gasteiger partial charge in [-0.1, -0.05) is 0 Å². The van der Waals surface area contributed by atoms with Crippen molar-refractivity contribution in [3.8, 4) is 5.82 Å². The molecule has 2 fully saturated rings. The summed E-state index contributed by atoms with van der Waals surface area (Å²) >= 11 is 0. The van der Waals surface area contributed by atoms with Crippen molar-refractivity contribution >= 4 is 11.8 Å². The molecule has 0 aromatic carbocycles. The van der Waals surface area contributed by atoms with E-state index in [0.717, 1.165) is 25.8 Å². The van der Waals surface area contributed by atoms with Gasteiger partial charge >= 0.3 is 0 Å². The van der Waals surface area contributed by atoms with E-state index >= 15 is 0 Å². The summed E-state index contributed by atoms with van der Waals surface area (Å²) in [5.41, 5.74) is 0.126. The molecule has 0 saturated carbocycles. The number of carbonyl (C=O) groups excluding carboxylic acids is 2. The molecule has 0 bridgehead atoms. The maximum absolute atomic E-state index is 13.0. The summed E-state index contributed by atoms with van der Waals surface area (Å²) in [5, 5.41) is 7.51. The highest BCUT2D eigenvalue weighted by atomic mass is 16.2. The molecule has 142 valence electrons. The molecule has 2 aliphatic heterocycles. The van der Waals surface area contributed by atoms with Crippen molar-refractivity contribution in [1.29, 1.82) is 0 Å². The largest absolute Gasteiger partial charge is 0.340 e. The van der Waals surface area contributed by atoms with Crippen LogP contribution in [0.1, 0.15) is 43.5 Å². The first-order chi connectivity index (χ1) is 13.0. The number of rotatable bonds is 3. The van der Waals surface area contributed by atoms with Gasteiger partial charge in [0.1, 0.15) is 18.5 Å². The Morgan fingerprint density at radius 1 is 1.15 bits per heavy atom. The second-order valence-electron chi connectivity index (χ2n) is 7.73. The molecule has 0 aliphatic carbocycles. The molecule has 8 heteroatoms.